The van der Waals surface area contributed by atoms with Gasteiger partial charge in [0.05, 0.1) is 19.8 Å². The van der Waals surface area contributed by atoms with Gasteiger partial charge in [0.1, 0.15) is 5.03 Å². The molecule has 2 aliphatic carbocycles. The van der Waals surface area contributed by atoms with E-state index in [-0.39, 0.29) is 10.7 Å². The first kappa shape index (κ1) is 20.5. The lowest BCUT2D eigenvalue weighted by molar-refractivity contribution is -1.10. The van der Waals surface area contributed by atoms with Gasteiger partial charge >= 0.3 is 0 Å². The van der Waals surface area contributed by atoms with Gasteiger partial charge in [-0.3, -0.25) is 4.68 Å². The Bertz CT molecular complexity index is 1100. The molecule has 1 unspecified atom stereocenters. The van der Waals surface area contributed by atoms with Gasteiger partial charge in [-0.05, 0) is 85.5 Å². The molecule has 2 aromatic heterocycles. The molecule has 1 aromatic carbocycles. The second-order valence-corrected chi connectivity index (χ2v) is 10.1. The van der Waals surface area contributed by atoms with Gasteiger partial charge in [0.15, 0.2) is 6.04 Å². The Morgan fingerprint density at radius 1 is 1.13 bits per heavy atom. The summed E-state index contributed by atoms with van der Waals surface area (Å²) in [6, 6.07) is 4.33. The third-order valence-electron chi connectivity index (χ3n) is 6.65. The average Bonchev–Trinajstić information content (AvgIpc) is 3.48. The molecule has 2 aliphatic rings. The number of benzene rings is 1. The summed E-state index contributed by atoms with van der Waals surface area (Å²) in [7, 11) is 5.41. The van der Waals surface area contributed by atoms with E-state index in [1.54, 1.807) is 14.1 Å². The molecule has 2 heterocycles. The van der Waals surface area contributed by atoms with Crippen LogP contribution in [0.2, 0.25) is 0 Å². The summed E-state index contributed by atoms with van der Waals surface area (Å²) in [5, 5.41) is 27.3. The Kier molecular flexibility index (Phi) is 5.07. The Labute approximate surface area is 186 Å². The quantitative estimate of drug-likeness (QED) is 0.397. The number of aryl methyl sites for hydroxylation is 3. The molecule has 0 saturated carbocycles. The van der Waals surface area contributed by atoms with Crippen LogP contribution in [-0.4, -0.2) is 48.9 Å². The topological polar surface area (TPSA) is 91.7 Å². The van der Waals surface area contributed by atoms with Crippen LogP contribution < -0.4 is 5.32 Å². The number of hydrogen-bond acceptors (Lipinski definition) is 6. The number of hydrogen-bond donors (Lipinski definition) is 3. The fourth-order valence-electron chi connectivity index (χ4n) is 4.75. The van der Waals surface area contributed by atoms with E-state index < -0.39 is 0 Å². The zero-order chi connectivity index (χ0) is 21.8. The van der Waals surface area contributed by atoms with Crippen LogP contribution in [0.15, 0.2) is 22.3 Å². The number of rotatable bonds is 6. The maximum Gasteiger partial charge on any atom is 0.224 e. The predicted octanol–water partition coefficient (Wildman–Crippen LogP) is 3.94. The van der Waals surface area contributed by atoms with Crippen molar-refractivity contribution in [3.63, 3.8) is 0 Å². The third kappa shape index (κ3) is 3.86. The normalized spacial score (nSPS) is 16.4. The maximum absolute atomic E-state index is 10.3. The van der Waals surface area contributed by atoms with Gasteiger partial charge in [-0.1, -0.05) is 6.07 Å². The number of aromatic nitrogens is 5. The highest BCUT2D eigenvalue weighted by Crippen LogP contribution is 2.39. The van der Waals surface area contributed by atoms with E-state index in [0.29, 0.717) is 11.1 Å². The molecule has 31 heavy (non-hydrogen) atoms. The Balaban J connectivity index is 1.36. The summed E-state index contributed by atoms with van der Waals surface area (Å²) >= 11 is 1.42. The molecule has 8 nitrogen and oxygen atoms in total. The van der Waals surface area contributed by atoms with E-state index in [0.717, 1.165) is 23.6 Å². The van der Waals surface area contributed by atoms with Crippen molar-refractivity contribution in [3.8, 4) is 0 Å². The van der Waals surface area contributed by atoms with Gasteiger partial charge in [-0.25, -0.2) is 10.3 Å². The van der Waals surface area contributed by atoms with Crippen LogP contribution in [0, 0.1) is 0 Å². The highest BCUT2D eigenvalue weighted by molar-refractivity contribution is 7.99. The first-order valence-electron chi connectivity index (χ1n) is 10.9. The second kappa shape index (κ2) is 7.65. The number of nitrogens with one attached hydrogen (secondary N) is 2. The SMILES string of the molecule is CC(c1cc(Sc2n[nH]c(Nc3c4c(cc5c3CCC5)CCC4)n2)nn1C)[N+](C)(C)O. The minimum Gasteiger partial charge on any atom is -0.324 e. The first-order valence-corrected chi connectivity index (χ1v) is 11.8. The lowest BCUT2D eigenvalue weighted by Crippen LogP contribution is -2.38. The van der Waals surface area contributed by atoms with Gasteiger partial charge in [0.2, 0.25) is 11.1 Å². The lowest BCUT2D eigenvalue weighted by Gasteiger charge is -2.26. The van der Waals surface area contributed by atoms with E-state index in [4.69, 9.17) is 0 Å². The summed E-state index contributed by atoms with van der Waals surface area (Å²) in [6.45, 7) is 1.98. The zero-order valence-electron chi connectivity index (χ0n) is 18.6. The largest absolute Gasteiger partial charge is 0.324 e. The lowest BCUT2D eigenvalue weighted by atomic mass is 9.99. The fraction of sp³-hybridized carbons (Fsp3) is 0.500. The van der Waals surface area contributed by atoms with Crippen molar-refractivity contribution in [2.75, 3.05) is 19.4 Å². The number of aromatic amines is 1. The van der Waals surface area contributed by atoms with Crippen molar-refractivity contribution in [1.82, 2.24) is 25.0 Å². The average molecular weight is 441 g/mol. The monoisotopic (exact) mass is 440 g/mol. The van der Waals surface area contributed by atoms with E-state index in [1.807, 2.05) is 24.7 Å². The minimum atomic E-state index is -0.149. The molecule has 0 radical (unpaired) electrons. The zero-order valence-corrected chi connectivity index (χ0v) is 19.4. The van der Waals surface area contributed by atoms with Crippen LogP contribution in [0.1, 0.15) is 53.8 Å². The predicted molar refractivity (Wildman–Crippen MR) is 120 cm³/mol. The van der Waals surface area contributed by atoms with E-state index in [9.17, 15) is 5.21 Å². The molecule has 3 N–H and O–H groups in total. The smallest absolute Gasteiger partial charge is 0.224 e. The highest BCUT2D eigenvalue weighted by Gasteiger charge is 2.28. The van der Waals surface area contributed by atoms with E-state index in [2.05, 4.69) is 31.7 Å². The molecular weight excluding hydrogens is 410 g/mol. The molecule has 3 aromatic rings. The molecule has 0 amide bonds. The van der Waals surface area contributed by atoms with Crippen molar-refractivity contribution < 1.29 is 9.85 Å². The second-order valence-electron chi connectivity index (χ2n) is 9.11. The van der Waals surface area contributed by atoms with Crippen LogP contribution in [-0.2, 0) is 32.7 Å². The molecule has 5 rings (SSSR count). The van der Waals surface area contributed by atoms with Crippen LogP contribution >= 0.6 is 11.8 Å². The Morgan fingerprint density at radius 3 is 2.45 bits per heavy atom. The van der Waals surface area contributed by atoms with Crippen LogP contribution in [0.4, 0.5) is 11.6 Å². The molecular formula is C22H30N7OS+. The molecule has 1 atom stereocenters. The number of hydroxylamine groups is 3. The number of nitrogens with zero attached hydrogens (tertiary/aromatic N) is 5. The van der Waals surface area contributed by atoms with Gasteiger partial charge < -0.3 is 5.32 Å². The number of quaternary nitrogens is 1. The van der Waals surface area contributed by atoms with Crippen molar-refractivity contribution in [3.05, 3.63) is 40.1 Å². The Hall–Kier alpha value is -2.36. The number of H-pyrrole nitrogens is 1. The number of anilines is 2. The molecule has 0 fully saturated rings. The fourth-order valence-corrected chi connectivity index (χ4v) is 5.50. The summed E-state index contributed by atoms with van der Waals surface area (Å²) in [6.07, 6.45) is 7.09. The van der Waals surface area contributed by atoms with Crippen LogP contribution in [0.5, 0.6) is 0 Å². The summed E-state index contributed by atoms with van der Waals surface area (Å²) in [5.41, 5.74) is 8.13. The van der Waals surface area contributed by atoms with Gasteiger partial charge in [-0.15, -0.1) is 5.10 Å². The van der Waals surface area contributed by atoms with E-state index >= 15 is 0 Å². The van der Waals surface area contributed by atoms with Crippen molar-refractivity contribution in [2.24, 2.45) is 7.05 Å². The van der Waals surface area contributed by atoms with Gasteiger partial charge in [-0.2, -0.15) is 14.7 Å². The number of fused-ring (bicyclic) bond motifs is 2. The summed E-state index contributed by atoms with van der Waals surface area (Å²) in [4.78, 5) is 4.67. The maximum atomic E-state index is 10.3. The van der Waals surface area contributed by atoms with Crippen LogP contribution in [0.3, 0.4) is 0 Å². The molecule has 9 heteroatoms. The van der Waals surface area contributed by atoms with Gasteiger partial charge in [0.25, 0.3) is 0 Å². The third-order valence-corrected chi connectivity index (χ3v) is 7.42. The van der Waals surface area contributed by atoms with Crippen molar-refractivity contribution in [1.29, 1.82) is 0 Å². The standard InChI is InChI=1S/C22H30N7OS/c1-13(29(3,4)30)18-12-19(27-28(18)2)31-22-24-21(25-26-22)23-20-16-9-5-7-14(16)11-15-8-6-10-17(15)20/h11-13,30H,5-10H2,1-4H3,(H2,23,24,25,26)/q+1. The molecule has 0 spiro atoms. The Morgan fingerprint density at radius 2 is 1.81 bits per heavy atom. The molecule has 0 aliphatic heterocycles. The van der Waals surface area contributed by atoms with Crippen LogP contribution in [0.25, 0.3) is 0 Å². The van der Waals surface area contributed by atoms with Crippen molar-refractivity contribution >= 4 is 23.4 Å². The summed E-state index contributed by atoms with van der Waals surface area (Å²) in [5.74, 6) is 0.676. The minimum absolute atomic E-state index is 0.0986. The summed E-state index contributed by atoms with van der Waals surface area (Å²) < 4.78 is 1.66. The highest BCUT2D eigenvalue weighted by atomic mass is 32.2. The van der Waals surface area contributed by atoms with E-state index in [1.165, 1.54) is 65.4 Å². The molecule has 0 saturated heterocycles. The van der Waals surface area contributed by atoms with Crippen molar-refractivity contribution in [2.45, 2.75) is 61.7 Å². The molecule has 0 bridgehead atoms. The first-order chi connectivity index (χ1) is 14.8. The van der Waals surface area contributed by atoms with Gasteiger partial charge in [0, 0.05) is 12.7 Å². The molecule has 164 valence electrons.